The summed E-state index contributed by atoms with van der Waals surface area (Å²) >= 11 is 0. The summed E-state index contributed by atoms with van der Waals surface area (Å²) in [5, 5.41) is 2.41. The Morgan fingerprint density at radius 1 is 1.09 bits per heavy atom. The van der Waals surface area contributed by atoms with E-state index in [2.05, 4.69) is 10.3 Å². The monoisotopic (exact) mass is 299 g/mol. The number of amides is 1. The van der Waals surface area contributed by atoms with Gasteiger partial charge in [0.05, 0.1) is 18.2 Å². The topological polar surface area (TPSA) is 46.9 Å². The summed E-state index contributed by atoms with van der Waals surface area (Å²) < 4.78 is 28.1. The van der Waals surface area contributed by atoms with Crippen LogP contribution in [0.1, 0.15) is 10.5 Å². The van der Waals surface area contributed by atoms with Gasteiger partial charge in [-0.3, -0.25) is 9.36 Å². The van der Waals surface area contributed by atoms with E-state index in [1.807, 2.05) is 30.3 Å². The molecule has 110 valence electrons. The van der Waals surface area contributed by atoms with E-state index < -0.39 is 17.5 Å². The van der Waals surface area contributed by atoms with Gasteiger partial charge in [0.2, 0.25) is 0 Å². The maximum atomic E-state index is 13.6. The number of carbonyl (C=O) groups excluding carboxylic acids is 1. The minimum atomic E-state index is -0.834. The van der Waals surface area contributed by atoms with Crippen molar-refractivity contribution in [3.8, 4) is 5.69 Å². The van der Waals surface area contributed by atoms with Gasteiger partial charge in [-0.05, 0) is 24.3 Å². The number of carbonyl (C=O) groups is 1. The molecule has 1 aromatic heterocycles. The van der Waals surface area contributed by atoms with Gasteiger partial charge in [0.1, 0.15) is 17.3 Å². The van der Waals surface area contributed by atoms with E-state index in [1.54, 1.807) is 4.57 Å². The Hall–Kier alpha value is -3.02. The highest BCUT2D eigenvalue weighted by atomic mass is 19.1. The number of anilines is 1. The summed E-state index contributed by atoms with van der Waals surface area (Å²) in [5.74, 6) is -2.07. The number of benzene rings is 2. The zero-order chi connectivity index (χ0) is 15.5. The van der Waals surface area contributed by atoms with Crippen molar-refractivity contribution in [1.29, 1.82) is 0 Å². The number of para-hydroxylation sites is 1. The number of rotatable bonds is 3. The molecule has 0 spiro atoms. The van der Waals surface area contributed by atoms with E-state index in [1.165, 1.54) is 18.6 Å². The van der Waals surface area contributed by atoms with Crippen LogP contribution in [-0.2, 0) is 0 Å². The molecule has 0 atom stereocenters. The van der Waals surface area contributed by atoms with Gasteiger partial charge in [-0.2, -0.15) is 0 Å². The summed E-state index contributed by atoms with van der Waals surface area (Å²) in [7, 11) is 0. The largest absolute Gasteiger partial charge is 0.318 e. The molecule has 6 heteroatoms. The summed E-state index contributed by atoms with van der Waals surface area (Å²) in [6, 6.07) is 12.1. The van der Waals surface area contributed by atoms with E-state index in [4.69, 9.17) is 0 Å². The Bertz CT molecular complexity index is 815. The lowest BCUT2D eigenvalue weighted by atomic mass is 10.2. The van der Waals surface area contributed by atoms with Gasteiger partial charge >= 0.3 is 0 Å². The predicted molar refractivity (Wildman–Crippen MR) is 77.9 cm³/mol. The first-order chi connectivity index (χ1) is 10.6. The van der Waals surface area contributed by atoms with Crippen LogP contribution in [0.25, 0.3) is 5.69 Å². The molecule has 3 aromatic rings. The van der Waals surface area contributed by atoms with Gasteiger partial charge in [-0.15, -0.1) is 0 Å². The first-order valence-electron chi connectivity index (χ1n) is 6.49. The maximum absolute atomic E-state index is 13.6. The van der Waals surface area contributed by atoms with Crippen molar-refractivity contribution in [2.75, 3.05) is 5.32 Å². The number of hydrogen-bond acceptors (Lipinski definition) is 2. The Labute approximate surface area is 125 Å². The van der Waals surface area contributed by atoms with Gasteiger partial charge in [-0.1, -0.05) is 18.2 Å². The minimum Gasteiger partial charge on any atom is -0.318 e. The molecule has 0 unspecified atom stereocenters. The minimum absolute atomic E-state index is 0.0905. The van der Waals surface area contributed by atoms with Gasteiger partial charge in [0.15, 0.2) is 0 Å². The third-order valence-electron chi connectivity index (χ3n) is 3.08. The van der Waals surface area contributed by atoms with Crippen molar-refractivity contribution in [3.63, 3.8) is 0 Å². The molecule has 0 radical (unpaired) electrons. The van der Waals surface area contributed by atoms with Crippen LogP contribution in [-0.4, -0.2) is 15.5 Å². The third-order valence-corrected chi connectivity index (χ3v) is 3.08. The number of aromatic nitrogens is 2. The van der Waals surface area contributed by atoms with E-state index >= 15 is 0 Å². The van der Waals surface area contributed by atoms with Gasteiger partial charge in [-0.25, -0.2) is 13.8 Å². The Balaban J connectivity index is 1.89. The number of hydrogen-bond donors (Lipinski definition) is 1. The normalized spacial score (nSPS) is 10.5. The van der Waals surface area contributed by atoms with Gasteiger partial charge in [0, 0.05) is 11.8 Å². The number of nitrogens with one attached hydrogen (secondary N) is 1. The molecule has 1 N–H and O–H groups in total. The second-order valence-electron chi connectivity index (χ2n) is 4.56. The summed E-state index contributed by atoms with van der Waals surface area (Å²) in [6.45, 7) is 0. The molecule has 1 amide bonds. The molecular formula is C16H11F2N3O. The van der Waals surface area contributed by atoms with Crippen LogP contribution >= 0.6 is 0 Å². The predicted octanol–water partition coefficient (Wildman–Crippen LogP) is 3.40. The van der Waals surface area contributed by atoms with Crippen LogP contribution in [0.4, 0.5) is 14.5 Å². The van der Waals surface area contributed by atoms with Gasteiger partial charge < -0.3 is 5.32 Å². The standard InChI is InChI=1S/C16H11F2N3O/c17-11-6-7-14(13(18)8-11)20-16(22)15-9-19-10-21(15)12-4-2-1-3-5-12/h1-10H,(H,20,22). The van der Waals surface area contributed by atoms with E-state index in [9.17, 15) is 13.6 Å². The fraction of sp³-hybridized carbons (Fsp3) is 0. The van der Waals surface area contributed by atoms with Crippen LogP contribution < -0.4 is 5.32 Å². The lowest BCUT2D eigenvalue weighted by molar-refractivity contribution is 0.102. The maximum Gasteiger partial charge on any atom is 0.274 e. The molecule has 0 aliphatic carbocycles. The lowest BCUT2D eigenvalue weighted by Gasteiger charge is -2.09. The zero-order valence-corrected chi connectivity index (χ0v) is 11.3. The molecule has 4 nitrogen and oxygen atoms in total. The van der Waals surface area contributed by atoms with Crippen LogP contribution in [0, 0.1) is 11.6 Å². The average molecular weight is 299 g/mol. The Kier molecular flexibility index (Phi) is 3.65. The van der Waals surface area contributed by atoms with Crippen LogP contribution in [0.15, 0.2) is 61.1 Å². The smallest absolute Gasteiger partial charge is 0.274 e. The highest BCUT2D eigenvalue weighted by molar-refractivity contribution is 6.03. The van der Waals surface area contributed by atoms with Crippen LogP contribution in [0.5, 0.6) is 0 Å². The second-order valence-corrected chi connectivity index (χ2v) is 4.56. The molecule has 0 fully saturated rings. The Morgan fingerprint density at radius 3 is 2.59 bits per heavy atom. The van der Waals surface area contributed by atoms with E-state index in [0.717, 1.165) is 11.8 Å². The highest BCUT2D eigenvalue weighted by Crippen LogP contribution is 2.17. The van der Waals surface area contributed by atoms with Crippen molar-refractivity contribution in [1.82, 2.24) is 9.55 Å². The number of imidazole rings is 1. The molecule has 0 saturated heterocycles. The van der Waals surface area contributed by atoms with E-state index in [0.29, 0.717) is 6.07 Å². The van der Waals surface area contributed by atoms with Crippen molar-refractivity contribution < 1.29 is 13.6 Å². The van der Waals surface area contributed by atoms with Crippen molar-refractivity contribution in [3.05, 3.63) is 78.4 Å². The molecule has 0 aliphatic rings. The van der Waals surface area contributed by atoms with Crippen LogP contribution in [0.3, 0.4) is 0 Å². The Morgan fingerprint density at radius 2 is 1.86 bits per heavy atom. The fourth-order valence-corrected chi connectivity index (χ4v) is 2.03. The second kappa shape index (κ2) is 5.77. The quantitative estimate of drug-likeness (QED) is 0.805. The zero-order valence-electron chi connectivity index (χ0n) is 11.3. The molecule has 0 aliphatic heterocycles. The molecule has 0 saturated carbocycles. The van der Waals surface area contributed by atoms with Crippen LogP contribution in [0.2, 0.25) is 0 Å². The summed E-state index contributed by atoms with van der Waals surface area (Å²) in [6.07, 6.45) is 2.87. The molecule has 1 heterocycles. The molecule has 0 bridgehead atoms. The fourth-order valence-electron chi connectivity index (χ4n) is 2.03. The molecular weight excluding hydrogens is 288 g/mol. The SMILES string of the molecule is O=C(Nc1ccc(F)cc1F)c1cncn1-c1ccccc1. The van der Waals surface area contributed by atoms with Crippen molar-refractivity contribution in [2.45, 2.75) is 0 Å². The van der Waals surface area contributed by atoms with Gasteiger partial charge in [0.25, 0.3) is 5.91 Å². The summed E-state index contributed by atoms with van der Waals surface area (Å²) in [4.78, 5) is 16.2. The lowest BCUT2D eigenvalue weighted by Crippen LogP contribution is -2.16. The summed E-state index contributed by atoms with van der Waals surface area (Å²) in [5.41, 5.74) is 0.909. The van der Waals surface area contributed by atoms with Crippen molar-refractivity contribution in [2.24, 2.45) is 0 Å². The average Bonchev–Trinajstić information content (AvgIpc) is 3.00. The number of nitrogens with zero attached hydrogens (tertiary/aromatic N) is 2. The highest BCUT2D eigenvalue weighted by Gasteiger charge is 2.15. The van der Waals surface area contributed by atoms with Crippen molar-refractivity contribution >= 4 is 11.6 Å². The molecule has 22 heavy (non-hydrogen) atoms. The first kappa shape index (κ1) is 13.9. The molecule has 2 aromatic carbocycles. The first-order valence-corrected chi connectivity index (χ1v) is 6.49. The molecule has 3 rings (SSSR count). The number of halogens is 2. The van der Waals surface area contributed by atoms with E-state index in [-0.39, 0.29) is 11.4 Å². The third kappa shape index (κ3) is 2.71.